The Kier molecular flexibility index (Phi) is 9.37. The molecule has 7 rings (SSSR count). The predicted molar refractivity (Wildman–Crippen MR) is 180 cm³/mol. The Morgan fingerprint density at radius 3 is 2.73 bits per heavy atom. The minimum atomic E-state index is -4.96. The Hall–Kier alpha value is -4.75. The lowest BCUT2D eigenvalue weighted by Crippen LogP contribution is -2.43. The Balaban J connectivity index is 1.28. The van der Waals surface area contributed by atoms with Gasteiger partial charge in [-0.2, -0.15) is 28.2 Å². The molecule has 276 valence electrons. The standard InChI is InChI=1S/C36H39F5N8O3/c1-4-7-22-12-25(42)31(38)29(30(22)36(39,40)41)28-14-26-24(19-51-28)32(47-9-6-11-49-23(18-47)13-27(45-49)33(50)46(2)3)44-34(43-26)52-20-35-8-5-10-48(35)17-21(15-35)16-37/h12-13,16,28H,5-6,8-11,14-15,17-20,42H2,1-3H3/b21-16+/t28-,35+/m0/s1. The second-order valence-electron chi connectivity index (χ2n) is 13.9. The maximum atomic E-state index is 15.7. The summed E-state index contributed by atoms with van der Waals surface area (Å²) in [5.41, 5.74) is 5.17. The summed E-state index contributed by atoms with van der Waals surface area (Å²) in [6.45, 7) is 4.01. The van der Waals surface area contributed by atoms with Gasteiger partial charge in [-0.25, -0.2) is 8.78 Å². The topological polar surface area (TPSA) is 115 Å². The molecular weight excluding hydrogens is 687 g/mol. The molecule has 0 radical (unpaired) electrons. The summed E-state index contributed by atoms with van der Waals surface area (Å²) in [4.78, 5) is 27.9. The summed E-state index contributed by atoms with van der Waals surface area (Å²) < 4.78 is 87.2. The van der Waals surface area contributed by atoms with E-state index in [0.29, 0.717) is 73.7 Å². The highest BCUT2D eigenvalue weighted by Crippen LogP contribution is 2.45. The number of fused-ring (bicyclic) bond motifs is 3. The van der Waals surface area contributed by atoms with Crippen molar-refractivity contribution in [3.05, 3.63) is 69.2 Å². The van der Waals surface area contributed by atoms with Crippen molar-refractivity contribution in [2.75, 3.05) is 51.0 Å². The number of rotatable bonds is 6. The molecular formula is C36H39F5N8O3. The van der Waals surface area contributed by atoms with E-state index in [1.807, 2.05) is 4.90 Å². The monoisotopic (exact) mass is 726 g/mol. The van der Waals surface area contributed by atoms with Gasteiger partial charge in [0.2, 0.25) is 0 Å². The van der Waals surface area contributed by atoms with E-state index in [0.717, 1.165) is 31.1 Å². The van der Waals surface area contributed by atoms with Crippen molar-refractivity contribution in [1.29, 1.82) is 0 Å². The third-order valence-corrected chi connectivity index (χ3v) is 10.3. The van der Waals surface area contributed by atoms with E-state index in [4.69, 9.17) is 25.2 Å². The third kappa shape index (κ3) is 6.44. The number of carbonyl (C=O) groups is 1. The molecule has 11 nitrogen and oxygen atoms in total. The number of nitrogen functional groups attached to an aromatic ring is 1. The normalized spacial score (nSPS) is 22.3. The van der Waals surface area contributed by atoms with Gasteiger partial charge in [0.05, 0.1) is 53.8 Å². The number of hydrogen-bond donors (Lipinski definition) is 1. The molecule has 6 heterocycles. The molecule has 2 fully saturated rings. The first-order valence-corrected chi connectivity index (χ1v) is 17.1. The Bertz CT molecular complexity index is 2000. The fourth-order valence-electron chi connectivity index (χ4n) is 7.91. The first kappa shape index (κ1) is 35.6. The van der Waals surface area contributed by atoms with E-state index in [2.05, 4.69) is 21.8 Å². The van der Waals surface area contributed by atoms with E-state index < -0.39 is 46.0 Å². The molecule has 3 aromatic rings. The number of anilines is 2. The van der Waals surface area contributed by atoms with Gasteiger partial charge in [-0.3, -0.25) is 14.4 Å². The van der Waals surface area contributed by atoms with Gasteiger partial charge in [0.15, 0.2) is 11.5 Å². The highest BCUT2D eigenvalue weighted by Gasteiger charge is 2.47. The lowest BCUT2D eigenvalue weighted by atomic mass is 9.91. The second kappa shape index (κ2) is 13.7. The van der Waals surface area contributed by atoms with Crippen molar-refractivity contribution in [3.63, 3.8) is 0 Å². The molecule has 16 heteroatoms. The third-order valence-electron chi connectivity index (χ3n) is 10.3. The van der Waals surface area contributed by atoms with E-state index in [1.54, 1.807) is 24.8 Å². The van der Waals surface area contributed by atoms with E-state index >= 15 is 4.39 Å². The number of ether oxygens (including phenoxy) is 2. The van der Waals surface area contributed by atoms with Crippen LogP contribution in [0.1, 0.15) is 82.8 Å². The predicted octanol–water partition coefficient (Wildman–Crippen LogP) is 5.18. The molecule has 2 N–H and O–H groups in total. The summed E-state index contributed by atoms with van der Waals surface area (Å²) in [5, 5.41) is 4.52. The molecule has 4 aliphatic rings. The quantitative estimate of drug-likeness (QED) is 0.209. The Morgan fingerprint density at radius 1 is 1.19 bits per heavy atom. The van der Waals surface area contributed by atoms with Crippen LogP contribution < -0.4 is 15.4 Å². The van der Waals surface area contributed by atoms with Gasteiger partial charge in [-0.1, -0.05) is 5.92 Å². The molecule has 52 heavy (non-hydrogen) atoms. The van der Waals surface area contributed by atoms with Crippen LogP contribution in [0.5, 0.6) is 6.01 Å². The van der Waals surface area contributed by atoms with Gasteiger partial charge >= 0.3 is 12.2 Å². The number of nitrogens with zero attached hydrogens (tertiary/aromatic N) is 7. The van der Waals surface area contributed by atoms with Crippen molar-refractivity contribution in [2.45, 2.75) is 76.5 Å². The summed E-state index contributed by atoms with van der Waals surface area (Å²) in [7, 11) is 3.30. The molecule has 0 spiro atoms. The summed E-state index contributed by atoms with van der Waals surface area (Å²) in [6, 6.07) is 2.62. The average molecular weight is 727 g/mol. The summed E-state index contributed by atoms with van der Waals surface area (Å²) in [5.74, 6) is 3.87. The number of alkyl halides is 3. The van der Waals surface area contributed by atoms with Gasteiger partial charge in [0.1, 0.15) is 12.4 Å². The first-order chi connectivity index (χ1) is 24.8. The van der Waals surface area contributed by atoms with Gasteiger partial charge in [0, 0.05) is 56.8 Å². The molecule has 0 unspecified atom stereocenters. The van der Waals surface area contributed by atoms with E-state index in [-0.39, 0.29) is 31.6 Å². The van der Waals surface area contributed by atoms with Crippen LogP contribution in [0.25, 0.3) is 0 Å². The molecule has 2 atom stereocenters. The number of benzene rings is 1. The Labute approximate surface area is 297 Å². The fraction of sp³-hybridized carbons (Fsp3) is 0.500. The molecule has 0 aliphatic carbocycles. The first-order valence-electron chi connectivity index (χ1n) is 17.1. The van der Waals surface area contributed by atoms with Crippen LogP contribution in [-0.4, -0.2) is 81.3 Å². The number of aryl methyl sites for hydroxylation is 1. The van der Waals surface area contributed by atoms with Gasteiger partial charge in [0.25, 0.3) is 5.91 Å². The zero-order valence-corrected chi connectivity index (χ0v) is 29.1. The van der Waals surface area contributed by atoms with Gasteiger partial charge in [-0.05, 0) is 56.9 Å². The highest BCUT2D eigenvalue weighted by atomic mass is 19.4. The minimum absolute atomic E-state index is 0.00355. The number of hydrogen-bond acceptors (Lipinski definition) is 9. The van der Waals surface area contributed by atoms with E-state index in [9.17, 15) is 22.4 Å². The number of nitrogens with two attached hydrogens (primary N) is 1. The lowest BCUT2D eigenvalue weighted by molar-refractivity contribution is -0.140. The van der Waals surface area contributed by atoms with Crippen molar-refractivity contribution in [1.82, 2.24) is 29.5 Å². The van der Waals surface area contributed by atoms with Crippen LogP contribution in [0.4, 0.5) is 33.5 Å². The molecule has 2 aromatic heterocycles. The zero-order chi connectivity index (χ0) is 36.9. The Morgan fingerprint density at radius 2 is 2.00 bits per heavy atom. The molecule has 0 saturated carbocycles. The highest BCUT2D eigenvalue weighted by molar-refractivity contribution is 5.92. The lowest BCUT2D eigenvalue weighted by Gasteiger charge is -2.33. The van der Waals surface area contributed by atoms with Crippen molar-refractivity contribution in [2.24, 2.45) is 0 Å². The van der Waals surface area contributed by atoms with Crippen LogP contribution in [0.2, 0.25) is 0 Å². The van der Waals surface area contributed by atoms with Crippen LogP contribution in [0, 0.1) is 17.7 Å². The largest absolute Gasteiger partial charge is 0.461 e. The van der Waals surface area contributed by atoms with Crippen molar-refractivity contribution >= 4 is 17.4 Å². The van der Waals surface area contributed by atoms with Gasteiger partial charge in [-0.15, -0.1) is 5.92 Å². The molecule has 4 aliphatic heterocycles. The van der Waals surface area contributed by atoms with Crippen LogP contribution in [0.15, 0.2) is 24.0 Å². The molecule has 1 aromatic carbocycles. The van der Waals surface area contributed by atoms with Crippen molar-refractivity contribution < 1.29 is 36.2 Å². The SMILES string of the molecule is CC#Cc1cc(N)c(F)c([C@@H]2Cc3nc(OC[C@]45CCCN4C/C(=C/F)C5)nc(N4CCCn5nc(C(=O)N(C)C)cc5C4)c3CO2)c1C(F)(F)F. The molecule has 0 bridgehead atoms. The number of carbonyl (C=O) groups excluding carboxylic acids is 1. The summed E-state index contributed by atoms with van der Waals surface area (Å²) in [6.07, 6.45) is -3.08. The minimum Gasteiger partial charge on any atom is -0.461 e. The molecule has 1 amide bonds. The van der Waals surface area contributed by atoms with Crippen LogP contribution >= 0.6 is 0 Å². The van der Waals surface area contributed by atoms with Crippen LogP contribution in [-0.2, 0) is 37.0 Å². The van der Waals surface area contributed by atoms with Crippen LogP contribution in [0.3, 0.4) is 0 Å². The zero-order valence-electron chi connectivity index (χ0n) is 29.1. The fourth-order valence-corrected chi connectivity index (χ4v) is 7.91. The summed E-state index contributed by atoms with van der Waals surface area (Å²) >= 11 is 0. The molecule has 2 saturated heterocycles. The van der Waals surface area contributed by atoms with Gasteiger partial charge < -0.3 is 25.0 Å². The second-order valence-corrected chi connectivity index (χ2v) is 13.9. The maximum absolute atomic E-state index is 15.7. The van der Waals surface area contributed by atoms with Crippen molar-refractivity contribution in [3.8, 4) is 17.9 Å². The average Bonchev–Trinajstić information content (AvgIpc) is 3.75. The van der Waals surface area contributed by atoms with E-state index in [1.165, 1.54) is 11.8 Å². The number of amides is 1. The maximum Gasteiger partial charge on any atom is 0.418 e. The number of aromatic nitrogens is 4. The number of halogens is 5. The smallest absolute Gasteiger partial charge is 0.418 e.